The summed E-state index contributed by atoms with van der Waals surface area (Å²) in [7, 11) is 0. The molecule has 0 spiro atoms. The van der Waals surface area contributed by atoms with Crippen LogP contribution in [0.15, 0.2) is 0 Å². The second kappa shape index (κ2) is 6.59. The van der Waals surface area contributed by atoms with Crippen molar-refractivity contribution in [2.75, 3.05) is 6.54 Å². The number of nitrogens with one attached hydrogen (secondary N) is 1. The molecule has 4 heteroatoms. The van der Waals surface area contributed by atoms with Gasteiger partial charge < -0.3 is 10.2 Å². The van der Waals surface area contributed by atoms with Gasteiger partial charge in [0.05, 0.1) is 0 Å². The molecule has 0 aromatic rings. The Morgan fingerprint density at radius 2 is 1.90 bits per heavy atom. The minimum atomic E-state index is -0.302. The van der Waals surface area contributed by atoms with Gasteiger partial charge in [-0.05, 0) is 31.1 Å². The highest BCUT2D eigenvalue weighted by Crippen LogP contribution is 2.28. The lowest BCUT2D eigenvalue weighted by atomic mass is 9.94. The fraction of sp³-hybridized carbons (Fsp3) is 0.875. The quantitative estimate of drug-likeness (QED) is 0.840. The van der Waals surface area contributed by atoms with Crippen LogP contribution in [0.25, 0.3) is 0 Å². The van der Waals surface area contributed by atoms with Crippen molar-refractivity contribution in [3.8, 4) is 0 Å². The molecule has 114 valence electrons. The number of carbonyl (C=O) groups is 2. The lowest BCUT2D eigenvalue weighted by molar-refractivity contribution is -0.152. The molecule has 1 saturated carbocycles. The van der Waals surface area contributed by atoms with Gasteiger partial charge in [-0.15, -0.1) is 0 Å². The number of hydrogen-bond donors (Lipinski definition) is 1. The van der Waals surface area contributed by atoms with Crippen LogP contribution in [0.5, 0.6) is 0 Å². The van der Waals surface area contributed by atoms with Crippen LogP contribution in [0.3, 0.4) is 0 Å². The predicted octanol–water partition coefficient (Wildman–Crippen LogP) is 2.33. The van der Waals surface area contributed by atoms with Crippen LogP contribution in [-0.4, -0.2) is 35.3 Å². The highest BCUT2D eigenvalue weighted by molar-refractivity contribution is 5.97. The number of nitrogens with zero attached hydrogens (tertiary/aromatic N) is 1. The van der Waals surface area contributed by atoms with Gasteiger partial charge in [0.2, 0.25) is 11.8 Å². The first-order valence-corrected chi connectivity index (χ1v) is 8.15. The maximum atomic E-state index is 12.7. The molecule has 1 aliphatic heterocycles. The smallest absolute Gasteiger partial charge is 0.245 e. The van der Waals surface area contributed by atoms with Gasteiger partial charge in [-0.3, -0.25) is 9.59 Å². The summed E-state index contributed by atoms with van der Waals surface area (Å²) in [6, 6.07) is -0.583. The molecule has 2 aliphatic rings. The van der Waals surface area contributed by atoms with E-state index in [4.69, 9.17) is 0 Å². The molecule has 2 amide bonds. The summed E-state index contributed by atoms with van der Waals surface area (Å²) in [5, 5.41) is 2.92. The van der Waals surface area contributed by atoms with Crippen molar-refractivity contribution >= 4 is 11.8 Å². The Hall–Kier alpha value is -1.06. The summed E-state index contributed by atoms with van der Waals surface area (Å²) in [5.41, 5.74) is 0. The number of amides is 2. The van der Waals surface area contributed by atoms with Gasteiger partial charge in [0.1, 0.15) is 12.1 Å². The molecule has 0 radical (unpaired) electrons. The molecular weight excluding hydrogens is 252 g/mol. The van der Waals surface area contributed by atoms with Crippen molar-refractivity contribution in [2.24, 2.45) is 11.8 Å². The average Bonchev–Trinajstić information content (AvgIpc) is 2.88. The summed E-state index contributed by atoms with van der Waals surface area (Å²) in [6.45, 7) is 6.88. The van der Waals surface area contributed by atoms with Crippen molar-refractivity contribution in [3.63, 3.8) is 0 Å². The average molecular weight is 280 g/mol. The van der Waals surface area contributed by atoms with Gasteiger partial charge in [-0.25, -0.2) is 0 Å². The molecule has 2 atom stereocenters. The summed E-state index contributed by atoms with van der Waals surface area (Å²) in [4.78, 5) is 26.9. The number of piperazine rings is 1. The molecule has 1 aliphatic carbocycles. The third kappa shape index (κ3) is 3.15. The van der Waals surface area contributed by atoms with E-state index in [1.165, 1.54) is 25.7 Å². The molecule has 2 unspecified atom stereocenters. The zero-order chi connectivity index (χ0) is 14.7. The Labute approximate surface area is 122 Å². The molecule has 2 fully saturated rings. The Bertz CT molecular complexity index is 361. The first-order valence-electron chi connectivity index (χ1n) is 8.15. The topological polar surface area (TPSA) is 49.4 Å². The van der Waals surface area contributed by atoms with E-state index < -0.39 is 0 Å². The van der Waals surface area contributed by atoms with Gasteiger partial charge in [-0.2, -0.15) is 0 Å². The maximum absolute atomic E-state index is 12.7. The highest BCUT2D eigenvalue weighted by Gasteiger charge is 2.42. The van der Waals surface area contributed by atoms with E-state index in [0.29, 0.717) is 5.92 Å². The fourth-order valence-electron chi connectivity index (χ4n) is 3.62. The highest BCUT2D eigenvalue weighted by atomic mass is 16.2. The number of rotatable bonds is 5. The Balaban J connectivity index is 2.14. The molecule has 1 N–H and O–H groups in total. The van der Waals surface area contributed by atoms with E-state index in [9.17, 15) is 9.59 Å². The second-order valence-electron chi connectivity index (χ2n) is 6.68. The van der Waals surface area contributed by atoms with Crippen molar-refractivity contribution in [1.82, 2.24) is 10.2 Å². The fourth-order valence-corrected chi connectivity index (χ4v) is 3.62. The Morgan fingerprint density at radius 3 is 2.45 bits per heavy atom. The molecule has 2 rings (SSSR count). The maximum Gasteiger partial charge on any atom is 0.245 e. The SMILES string of the molecule is CCCC1NC(=O)C(C(C)C)N(CC2CCCC2)C1=O. The van der Waals surface area contributed by atoms with E-state index >= 15 is 0 Å². The molecule has 4 nitrogen and oxygen atoms in total. The number of carbonyl (C=O) groups excluding carboxylic acids is 2. The van der Waals surface area contributed by atoms with E-state index in [1.54, 1.807) is 0 Å². The summed E-state index contributed by atoms with van der Waals surface area (Å²) in [5.74, 6) is 0.935. The first kappa shape index (κ1) is 15.3. The van der Waals surface area contributed by atoms with E-state index in [0.717, 1.165) is 19.4 Å². The summed E-state index contributed by atoms with van der Waals surface area (Å²) < 4.78 is 0. The lowest BCUT2D eigenvalue weighted by Gasteiger charge is -2.42. The minimum absolute atomic E-state index is 0.0380. The van der Waals surface area contributed by atoms with E-state index in [1.807, 2.05) is 18.7 Å². The minimum Gasteiger partial charge on any atom is -0.342 e. The first-order chi connectivity index (χ1) is 9.54. The van der Waals surface area contributed by atoms with Crippen LogP contribution in [0.2, 0.25) is 0 Å². The van der Waals surface area contributed by atoms with Crippen molar-refractivity contribution in [3.05, 3.63) is 0 Å². The Morgan fingerprint density at radius 1 is 1.25 bits per heavy atom. The summed E-state index contributed by atoms with van der Waals surface area (Å²) >= 11 is 0. The third-order valence-electron chi connectivity index (χ3n) is 4.64. The zero-order valence-corrected chi connectivity index (χ0v) is 13.0. The predicted molar refractivity (Wildman–Crippen MR) is 79.1 cm³/mol. The van der Waals surface area contributed by atoms with E-state index in [2.05, 4.69) is 12.2 Å². The van der Waals surface area contributed by atoms with E-state index in [-0.39, 0.29) is 29.8 Å². The zero-order valence-electron chi connectivity index (χ0n) is 13.0. The van der Waals surface area contributed by atoms with Crippen LogP contribution in [-0.2, 0) is 9.59 Å². The molecule has 1 heterocycles. The van der Waals surface area contributed by atoms with Gasteiger partial charge >= 0.3 is 0 Å². The monoisotopic (exact) mass is 280 g/mol. The van der Waals surface area contributed by atoms with Crippen LogP contribution >= 0.6 is 0 Å². The Kier molecular flexibility index (Phi) is 5.06. The van der Waals surface area contributed by atoms with Gasteiger partial charge in [0, 0.05) is 6.54 Å². The van der Waals surface area contributed by atoms with Crippen LogP contribution in [0.4, 0.5) is 0 Å². The molecule has 0 aromatic heterocycles. The lowest BCUT2D eigenvalue weighted by Crippen LogP contribution is -2.65. The van der Waals surface area contributed by atoms with Crippen LogP contribution in [0.1, 0.15) is 59.3 Å². The largest absolute Gasteiger partial charge is 0.342 e. The standard InChI is InChI=1S/C16H28N2O2/c1-4-7-13-16(20)18(10-12-8-5-6-9-12)14(11(2)3)15(19)17-13/h11-14H,4-10H2,1-3H3,(H,17,19). The third-order valence-corrected chi connectivity index (χ3v) is 4.64. The second-order valence-corrected chi connectivity index (χ2v) is 6.68. The van der Waals surface area contributed by atoms with Crippen molar-refractivity contribution in [1.29, 1.82) is 0 Å². The van der Waals surface area contributed by atoms with Crippen molar-refractivity contribution < 1.29 is 9.59 Å². The molecule has 20 heavy (non-hydrogen) atoms. The van der Waals surface area contributed by atoms with Gasteiger partial charge in [0.25, 0.3) is 0 Å². The van der Waals surface area contributed by atoms with Gasteiger partial charge in [-0.1, -0.05) is 40.0 Å². The number of hydrogen-bond acceptors (Lipinski definition) is 2. The summed E-state index contributed by atoms with van der Waals surface area (Å²) in [6.07, 6.45) is 6.60. The van der Waals surface area contributed by atoms with Crippen molar-refractivity contribution in [2.45, 2.75) is 71.4 Å². The molecule has 1 saturated heterocycles. The van der Waals surface area contributed by atoms with Crippen LogP contribution < -0.4 is 5.32 Å². The molecule has 0 bridgehead atoms. The van der Waals surface area contributed by atoms with Crippen LogP contribution in [0, 0.1) is 11.8 Å². The molecule has 0 aromatic carbocycles. The molecular formula is C16H28N2O2. The normalized spacial score (nSPS) is 28.3. The van der Waals surface area contributed by atoms with Gasteiger partial charge in [0.15, 0.2) is 0 Å².